The number of rotatable bonds is 7. The molecule has 140 valence electrons. The zero-order chi connectivity index (χ0) is 19.2. The number of carbonyl (C=O) groups excluding carboxylic acids is 1. The third-order valence-corrected chi connectivity index (χ3v) is 5.48. The van der Waals surface area contributed by atoms with Crippen molar-refractivity contribution in [2.45, 2.75) is 11.3 Å². The van der Waals surface area contributed by atoms with Crippen molar-refractivity contribution in [2.75, 3.05) is 23.5 Å². The van der Waals surface area contributed by atoms with Crippen molar-refractivity contribution in [1.29, 1.82) is 0 Å². The third kappa shape index (κ3) is 5.41. The predicted molar refractivity (Wildman–Crippen MR) is 107 cm³/mol. The Kier molecular flexibility index (Phi) is 6.25. The lowest BCUT2D eigenvalue weighted by atomic mass is 10.2. The SMILES string of the molecule is COc1cccc(Nc2nnc(SCC(=O)Nc3ccc(C)c(F)c3)s2)c1. The van der Waals surface area contributed by atoms with E-state index in [2.05, 4.69) is 20.8 Å². The van der Waals surface area contributed by atoms with Crippen LogP contribution < -0.4 is 15.4 Å². The van der Waals surface area contributed by atoms with Gasteiger partial charge in [0.25, 0.3) is 0 Å². The molecule has 0 spiro atoms. The lowest BCUT2D eigenvalue weighted by Gasteiger charge is -2.05. The van der Waals surface area contributed by atoms with Gasteiger partial charge in [-0.3, -0.25) is 4.79 Å². The van der Waals surface area contributed by atoms with Crippen LogP contribution >= 0.6 is 23.1 Å². The summed E-state index contributed by atoms with van der Waals surface area (Å²) < 4.78 is 19.4. The molecule has 27 heavy (non-hydrogen) atoms. The van der Waals surface area contributed by atoms with E-state index in [1.807, 2.05) is 24.3 Å². The fraction of sp³-hybridized carbons (Fsp3) is 0.167. The summed E-state index contributed by atoms with van der Waals surface area (Å²) in [6.45, 7) is 1.67. The summed E-state index contributed by atoms with van der Waals surface area (Å²) in [5, 5.41) is 14.6. The molecule has 0 radical (unpaired) electrons. The van der Waals surface area contributed by atoms with Gasteiger partial charge in [0.2, 0.25) is 11.0 Å². The predicted octanol–water partition coefficient (Wildman–Crippen LogP) is 4.47. The van der Waals surface area contributed by atoms with Gasteiger partial charge in [-0.1, -0.05) is 35.2 Å². The number of nitrogens with zero attached hydrogens (tertiary/aromatic N) is 2. The molecule has 6 nitrogen and oxygen atoms in total. The minimum atomic E-state index is -0.349. The molecule has 1 heterocycles. The van der Waals surface area contributed by atoms with Crippen LogP contribution in [0.2, 0.25) is 0 Å². The molecule has 9 heteroatoms. The van der Waals surface area contributed by atoms with Crippen LogP contribution in [0.1, 0.15) is 5.56 Å². The molecule has 0 atom stereocenters. The molecule has 0 unspecified atom stereocenters. The number of amides is 1. The Morgan fingerprint density at radius 3 is 2.85 bits per heavy atom. The number of nitrogens with one attached hydrogen (secondary N) is 2. The largest absolute Gasteiger partial charge is 0.497 e. The highest BCUT2D eigenvalue weighted by atomic mass is 32.2. The molecule has 2 aromatic carbocycles. The zero-order valence-corrected chi connectivity index (χ0v) is 16.3. The van der Waals surface area contributed by atoms with Crippen LogP contribution in [-0.2, 0) is 4.79 Å². The average molecular weight is 404 g/mol. The molecule has 0 aliphatic heterocycles. The van der Waals surface area contributed by atoms with Gasteiger partial charge in [0.1, 0.15) is 11.6 Å². The van der Waals surface area contributed by atoms with Gasteiger partial charge in [0.05, 0.1) is 12.9 Å². The maximum absolute atomic E-state index is 13.5. The molecule has 3 aromatic rings. The van der Waals surface area contributed by atoms with Crippen molar-refractivity contribution < 1.29 is 13.9 Å². The van der Waals surface area contributed by atoms with Crippen molar-refractivity contribution in [1.82, 2.24) is 10.2 Å². The first-order valence-electron chi connectivity index (χ1n) is 7.97. The summed E-state index contributed by atoms with van der Waals surface area (Å²) in [5.74, 6) is 0.311. The van der Waals surface area contributed by atoms with Gasteiger partial charge >= 0.3 is 0 Å². The first kappa shape index (κ1) is 19.1. The standard InChI is InChI=1S/C18H17FN4O2S2/c1-11-6-7-13(9-15(11)19)20-16(24)10-26-18-23-22-17(27-18)21-12-4-3-5-14(8-12)25-2/h3-9H,10H2,1-2H3,(H,20,24)(H,21,22). The Balaban J connectivity index is 1.52. The highest BCUT2D eigenvalue weighted by Gasteiger charge is 2.10. The van der Waals surface area contributed by atoms with Gasteiger partial charge in [-0.2, -0.15) is 0 Å². The number of benzene rings is 2. The number of hydrogen-bond donors (Lipinski definition) is 2. The van der Waals surface area contributed by atoms with Crippen LogP contribution in [0.4, 0.5) is 20.9 Å². The van der Waals surface area contributed by atoms with Gasteiger partial charge in [-0.25, -0.2) is 4.39 Å². The van der Waals surface area contributed by atoms with Gasteiger partial charge in [-0.05, 0) is 36.8 Å². The summed E-state index contributed by atoms with van der Waals surface area (Å²) >= 11 is 2.61. The number of anilines is 3. The van der Waals surface area contributed by atoms with E-state index < -0.39 is 0 Å². The second-order valence-corrected chi connectivity index (χ2v) is 7.73. The second kappa shape index (κ2) is 8.83. The minimum absolute atomic E-state index is 0.156. The number of aryl methyl sites for hydroxylation is 1. The number of methoxy groups -OCH3 is 1. The highest BCUT2D eigenvalue weighted by molar-refractivity contribution is 8.01. The van der Waals surface area contributed by atoms with Crippen molar-refractivity contribution in [3.05, 3.63) is 53.8 Å². The Morgan fingerprint density at radius 2 is 2.07 bits per heavy atom. The minimum Gasteiger partial charge on any atom is -0.497 e. The molecule has 3 rings (SSSR count). The van der Waals surface area contributed by atoms with E-state index in [1.165, 1.54) is 29.2 Å². The topological polar surface area (TPSA) is 76.1 Å². The lowest BCUT2D eigenvalue weighted by molar-refractivity contribution is -0.113. The first-order chi connectivity index (χ1) is 13.0. The second-order valence-electron chi connectivity index (χ2n) is 5.53. The number of thioether (sulfide) groups is 1. The Bertz CT molecular complexity index is 949. The number of halogens is 1. The summed E-state index contributed by atoms with van der Waals surface area (Å²) in [6, 6.07) is 12.1. The molecular formula is C18H17FN4O2S2. The van der Waals surface area contributed by atoms with E-state index in [9.17, 15) is 9.18 Å². The van der Waals surface area contributed by atoms with Crippen LogP contribution in [0.5, 0.6) is 5.75 Å². The summed E-state index contributed by atoms with van der Waals surface area (Å²) in [6.07, 6.45) is 0. The molecule has 0 aliphatic rings. The van der Waals surface area contributed by atoms with E-state index in [0.717, 1.165) is 11.4 Å². The van der Waals surface area contributed by atoms with E-state index in [1.54, 1.807) is 26.2 Å². The van der Waals surface area contributed by atoms with Crippen LogP contribution in [0.15, 0.2) is 46.8 Å². The van der Waals surface area contributed by atoms with Crippen molar-refractivity contribution in [2.24, 2.45) is 0 Å². The van der Waals surface area contributed by atoms with Gasteiger partial charge in [0.15, 0.2) is 4.34 Å². The quantitative estimate of drug-likeness (QED) is 0.566. The average Bonchev–Trinajstić information content (AvgIpc) is 3.10. The molecule has 2 N–H and O–H groups in total. The zero-order valence-electron chi connectivity index (χ0n) is 14.7. The fourth-order valence-corrected chi connectivity index (χ4v) is 3.71. The molecule has 0 aliphatic carbocycles. The first-order valence-corrected chi connectivity index (χ1v) is 9.77. The van der Waals surface area contributed by atoms with Crippen LogP contribution in [0.3, 0.4) is 0 Å². The summed E-state index contributed by atoms with van der Waals surface area (Å²) in [4.78, 5) is 12.0. The number of ether oxygens (including phenoxy) is 1. The Labute approximate surface area is 164 Å². The maximum Gasteiger partial charge on any atom is 0.234 e. The number of carbonyl (C=O) groups is 1. The number of hydrogen-bond acceptors (Lipinski definition) is 7. The monoisotopic (exact) mass is 404 g/mol. The van der Waals surface area contributed by atoms with Gasteiger partial charge < -0.3 is 15.4 Å². The third-order valence-electron chi connectivity index (χ3n) is 3.51. The van der Waals surface area contributed by atoms with Crippen LogP contribution in [0.25, 0.3) is 0 Å². The van der Waals surface area contributed by atoms with Crippen molar-refractivity contribution >= 4 is 45.5 Å². The lowest BCUT2D eigenvalue weighted by Crippen LogP contribution is -2.14. The fourth-order valence-electron chi connectivity index (χ4n) is 2.14. The normalized spacial score (nSPS) is 10.5. The van der Waals surface area contributed by atoms with Gasteiger partial charge in [-0.15, -0.1) is 10.2 Å². The van der Waals surface area contributed by atoms with Crippen LogP contribution in [-0.4, -0.2) is 29.0 Å². The highest BCUT2D eigenvalue weighted by Crippen LogP contribution is 2.28. The Morgan fingerprint density at radius 1 is 1.22 bits per heavy atom. The molecular weight excluding hydrogens is 387 g/mol. The molecule has 0 fully saturated rings. The van der Waals surface area contributed by atoms with E-state index >= 15 is 0 Å². The number of aromatic nitrogens is 2. The van der Waals surface area contributed by atoms with E-state index in [4.69, 9.17) is 4.74 Å². The van der Waals surface area contributed by atoms with Crippen molar-refractivity contribution in [3.63, 3.8) is 0 Å². The van der Waals surface area contributed by atoms with Gasteiger partial charge in [0, 0.05) is 17.4 Å². The molecule has 0 saturated carbocycles. The maximum atomic E-state index is 13.5. The van der Waals surface area contributed by atoms with Crippen LogP contribution in [0, 0.1) is 12.7 Å². The molecule has 1 aromatic heterocycles. The molecule has 0 saturated heterocycles. The Hall–Kier alpha value is -2.65. The summed E-state index contributed by atoms with van der Waals surface area (Å²) in [7, 11) is 1.61. The molecule has 0 bridgehead atoms. The van der Waals surface area contributed by atoms with Crippen molar-refractivity contribution in [3.8, 4) is 5.75 Å². The molecule has 1 amide bonds. The van der Waals surface area contributed by atoms with E-state index in [0.29, 0.717) is 20.7 Å². The van der Waals surface area contributed by atoms with E-state index in [-0.39, 0.29) is 17.5 Å². The smallest absolute Gasteiger partial charge is 0.234 e. The summed E-state index contributed by atoms with van der Waals surface area (Å²) in [5.41, 5.74) is 1.80.